The lowest BCUT2D eigenvalue weighted by molar-refractivity contribution is 0.0945. The Balaban J connectivity index is 2.03. The van der Waals surface area contributed by atoms with E-state index < -0.39 is 0 Å². The minimum Gasteiger partial charge on any atom is -0.349 e. The molecule has 19 heavy (non-hydrogen) atoms. The third-order valence-electron chi connectivity index (χ3n) is 2.95. The van der Waals surface area contributed by atoms with Crippen LogP contribution in [-0.2, 0) is 0 Å². The number of rotatable bonds is 5. The highest BCUT2D eigenvalue weighted by atomic mass is 16.1. The maximum Gasteiger partial charge on any atom is 0.269 e. The predicted octanol–water partition coefficient (Wildman–Crippen LogP) is 1.41. The van der Waals surface area contributed by atoms with Crippen molar-refractivity contribution in [2.45, 2.75) is 13.0 Å². The van der Waals surface area contributed by atoms with Gasteiger partial charge in [0.05, 0.1) is 5.69 Å². The van der Waals surface area contributed by atoms with Crippen LogP contribution in [0.3, 0.4) is 0 Å². The van der Waals surface area contributed by atoms with Crippen molar-refractivity contribution < 1.29 is 4.79 Å². The Morgan fingerprint density at radius 3 is 2.79 bits per heavy atom. The summed E-state index contributed by atoms with van der Waals surface area (Å²) >= 11 is 0. The number of aromatic amines is 1. The highest BCUT2D eigenvalue weighted by Gasteiger charge is 2.11. The average molecular weight is 258 g/mol. The van der Waals surface area contributed by atoms with Crippen LogP contribution < -0.4 is 10.6 Å². The van der Waals surface area contributed by atoms with Crippen LogP contribution >= 0.6 is 0 Å². The Labute approximate surface area is 112 Å². The van der Waals surface area contributed by atoms with E-state index >= 15 is 0 Å². The maximum atomic E-state index is 11.9. The molecule has 0 bridgehead atoms. The summed E-state index contributed by atoms with van der Waals surface area (Å²) in [5, 5.41) is 12.8. The second kappa shape index (κ2) is 6.15. The molecule has 5 heteroatoms. The van der Waals surface area contributed by atoms with Crippen molar-refractivity contribution in [3.63, 3.8) is 0 Å². The lowest BCUT2D eigenvalue weighted by Crippen LogP contribution is -2.37. The molecule has 1 heterocycles. The van der Waals surface area contributed by atoms with Crippen molar-refractivity contribution >= 4 is 5.91 Å². The first-order valence-electron chi connectivity index (χ1n) is 6.27. The zero-order valence-electron chi connectivity index (χ0n) is 11.1. The number of carbonyl (C=O) groups is 1. The molecule has 1 aromatic heterocycles. The first-order valence-corrected chi connectivity index (χ1v) is 6.27. The summed E-state index contributed by atoms with van der Waals surface area (Å²) in [6.45, 7) is 2.58. The molecule has 0 spiro atoms. The SMILES string of the molecule is CNC(C)CNC(=O)c1cc(-c2ccccc2)n[nH]1. The second-order valence-corrected chi connectivity index (χ2v) is 4.43. The van der Waals surface area contributed by atoms with E-state index in [1.165, 1.54) is 0 Å². The van der Waals surface area contributed by atoms with E-state index in [1.807, 2.05) is 44.3 Å². The van der Waals surface area contributed by atoms with E-state index in [4.69, 9.17) is 0 Å². The molecule has 2 rings (SSSR count). The van der Waals surface area contributed by atoms with Gasteiger partial charge in [-0.15, -0.1) is 0 Å². The summed E-state index contributed by atoms with van der Waals surface area (Å²) in [6.07, 6.45) is 0. The summed E-state index contributed by atoms with van der Waals surface area (Å²) in [7, 11) is 1.86. The van der Waals surface area contributed by atoms with Crippen LogP contribution in [0.15, 0.2) is 36.4 Å². The van der Waals surface area contributed by atoms with Crippen molar-refractivity contribution in [1.29, 1.82) is 0 Å². The fourth-order valence-electron chi connectivity index (χ4n) is 1.64. The van der Waals surface area contributed by atoms with Crippen molar-refractivity contribution in [3.05, 3.63) is 42.1 Å². The van der Waals surface area contributed by atoms with Crippen molar-refractivity contribution in [3.8, 4) is 11.3 Å². The fourth-order valence-corrected chi connectivity index (χ4v) is 1.64. The van der Waals surface area contributed by atoms with Crippen LogP contribution in [0.2, 0.25) is 0 Å². The lowest BCUT2D eigenvalue weighted by Gasteiger charge is -2.10. The number of hydrogen-bond donors (Lipinski definition) is 3. The van der Waals surface area contributed by atoms with Gasteiger partial charge in [0.25, 0.3) is 5.91 Å². The molecule has 0 aliphatic carbocycles. The fraction of sp³-hybridized carbons (Fsp3) is 0.286. The number of carbonyl (C=O) groups excluding carboxylic acids is 1. The number of H-pyrrole nitrogens is 1. The topological polar surface area (TPSA) is 69.8 Å². The number of benzene rings is 1. The average Bonchev–Trinajstić information content (AvgIpc) is 2.95. The lowest BCUT2D eigenvalue weighted by atomic mass is 10.1. The molecule has 0 aliphatic heterocycles. The molecule has 0 fully saturated rings. The Morgan fingerprint density at radius 2 is 2.11 bits per heavy atom. The summed E-state index contributed by atoms with van der Waals surface area (Å²) in [6, 6.07) is 11.7. The van der Waals surface area contributed by atoms with Crippen molar-refractivity contribution in [2.75, 3.05) is 13.6 Å². The second-order valence-electron chi connectivity index (χ2n) is 4.43. The molecule has 1 unspecified atom stereocenters. The van der Waals surface area contributed by atoms with Gasteiger partial charge in [0.2, 0.25) is 0 Å². The van der Waals surface area contributed by atoms with Crippen LogP contribution in [-0.4, -0.2) is 35.7 Å². The Morgan fingerprint density at radius 1 is 1.37 bits per heavy atom. The van der Waals surface area contributed by atoms with Gasteiger partial charge in [-0.3, -0.25) is 9.89 Å². The quantitative estimate of drug-likeness (QED) is 0.759. The molecule has 1 atom stereocenters. The zero-order valence-corrected chi connectivity index (χ0v) is 11.1. The smallest absolute Gasteiger partial charge is 0.269 e. The molecule has 0 saturated heterocycles. The Bertz CT molecular complexity index is 535. The largest absolute Gasteiger partial charge is 0.349 e. The number of nitrogens with zero attached hydrogens (tertiary/aromatic N) is 1. The molecule has 1 aromatic carbocycles. The van der Waals surface area contributed by atoms with E-state index in [1.54, 1.807) is 6.07 Å². The van der Waals surface area contributed by atoms with Crippen LogP contribution in [0.4, 0.5) is 0 Å². The monoisotopic (exact) mass is 258 g/mol. The molecule has 3 N–H and O–H groups in total. The minimum absolute atomic E-state index is 0.142. The van der Waals surface area contributed by atoms with Crippen LogP contribution in [0.5, 0.6) is 0 Å². The molecule has 5 nitrogen and oxygen atoms in total. The summed E-state index contributed by atoms with van der Waals surface area (Å²) < 4.78 is 0. The van der Waals surface area contributed by atoms with Crippen molar-refractivity contribution in [2.24, 2.45) is 0 Å². The highest BCUT2D eigenvalue weighted by molar-refractivity contribution is 5.93. The normalized spacial score (nSPS) is 12.1. The highest BCUT2D eigenvalue weighted by Crippen LogP contribution is 2.16. The molecule has 0 saturated carbocycles. The van der Waals surface area contributed by atoms with E-state index in [0.29, 0.717) is 12.2 Å². The maximum absolute atomic E-state index is 11.9. The van der Waals surface area contributed by atoms with E-state index in [2.05, 4.69) is 20.8 Å². The Hall–Kier alpha value is -2.14. The van der Waals surface area contributed by atoms with E-state index in [0.717, 1.165) is 11.3 Å². The molecule has 0 aliphatic rings. The van der Waals surface area contributed by atoms with Gasteiger partial charge in [0.1, 0.15) is 5.69 Å². The first kappa shape index (κ1) is 13.3. The van der Waals surface area contributed by atoms with Crippen molar-refractivity contribution in [1.82, 2.24) is 20.8 Å². The number of likely N-dealkylation sites (N-methyl/N-ethyl adjacent to an activating group) is 1. The summed E-state index contributed by atoms with van der Waals surface area (Å²) in [5.41, 5.74) is 2.23. The third kappa shape index (κ3) is 3.42. The molecule has 1 amide bonds. The van der Waals surface area contributed by atoms with Gasteiger partial charge >= 0.3 is 0 Å². The van der Waals surface area contributed by atoms with Gasteiger partial charge in [-0.25, -0.2) is 0 Å². The van der Waals surface area contributed by atoms with Gasteiger partial charge in [-0.05, 0) is 20.0 Å². The molecule has 2 aromatic rings. The zero-order chi connectivity index (χ0) is 13.7. The minimum atomic E-state index is -0.142. The number of amides is 1. The van der Waals surface area contributed by atoms with Crippen LogP contribution in [0.1, 0.15) is 17.4 Å². The number of nitrogens with one attached hydrogen (secondary N) is 3. The number of aromatic nitrogens is 2. The van der Waals surface area contributed by atoms with Crippen LogP contribution in [0.25, 0.3) is 11.3 Å². The molecule has 0 radical (unpaired) electrons. The number of hydrogen-bond acceptors (Lipinski definition) is 3. The van der Waals surface area contributed by atoms with Gasteiger partial charge in [0.15, 0.2) is 0 Å². The van der Waals surface area contributed by atoms with Gasteiger partial charge in [-0.2, -0.15) is 5.10 Å². The first-order chi connectivity index (χ1) is 9.20. The summed E-state index contributed by atoms with van der Waals surface area (Å²) in [5.74, 6) is -0.142. The Kier molecular flexibility index (Phi) is 4.30. The van der Waals surface area contributed by atoms with Gasteiger partial charge in [0, 0.05) is 18.2 Å². The molecular weight excluding hydrogens is 240 g/mol. The van der Waals surface area contributed by atoms with Gasteiger partial charge in [-0.1, -0.05) is 30.3 Å². The third-order valence-corrected chi connectivity index (χ3v) is 2.95. The standard InChI is InChI=1S/C14H18N4O/c1-10(15-2)9-16-14(19)13-8-12(17-18-13)11-6-4-3-5-7-11/h3-8,10,15H,9H2,1-2H3,(H,16,19)(H,17,18). The van der Waals surface area contributed by atoms with E-state index in [9.17, 15) is 4.79 Å². The van der Waals surface area contributed by atoms with Crippen LogP contribution in [0, 0.1) is 0 Å². The predicted molar refractivity (Wildman–Crippen MR) is 74.9 cm³/mol. The van der Waals surface area contributed by atoms with E-state index in [-0.39, 0.29) is 11.9 Å². The molecule has 100 valence electrons. The molecular formula is C14H18N4O. The van der Waals surface area contributed by atoms with Gasteiger partial charge < -0.3 is 10.6 Å². The summed E-state index contributed by atoms with van der Waals surface area (Å²) in [4.78, 5) is 11.9.